The number of nitrogens with one attached hydrogen (secondary N) is 2. The molecule has 1 aliphatic carbocycles. The van der Waals surface area contributed by atoms with Crippen molar-refractivity contribution in [2.24, 2.45) is 0 Å². The lowest BCUT2D eigenvalue weighted by Gasteiger charge is -2.14. The first-order valence-corrected chi connectivity index (χ1v) is 9.98. The molecule has 2 fully saturated rings. The Kier molecular flexibility index (Phi) is 4.54. The highest BCUT2D eigenvalue weighted by Gasteiger charge is 2.26. The Morgan fingerprint density at radius 2 is 2.10 bits per heavy atom. The van der Waals surface area contributed by atoms with Gasteiger partial charge >= 0.3 is 6.01 Å². The zero-order valence-corrected chi connectivity index (χ0v) is 17.1. The molecule has 3 aromatic rings. The number of aromatic nitrogens is 4. The average molecular weight is 419 g/mol. The number of imide groups is 1. The molecule has 31 heavy (non-hydrogen) atoms. The van der Waals surface area contributed by atoms with Crippen LogP contribution in [0.4, 0.5) is 11.6 Å². The summed E-state index contributed by atoms with van der Waals surface area (Å²) < 4.78 is 7.55. The monoisotopic (exact) mass is 419 g/mol. The van der Waals surface area contributed by atoms with Crippen LogP contribution in [0.3, 0.4) is 0 Å². The van der Waals surface area contributed by atoms with E-state index in [1.807, 2.05) is 43.3 Å². The van der Waals surface area contributed by atoms with Crippen LogP contribution in [-0.2, 0) is 9.59 Å². The fourth-order valence-electron chi connectivity index (χ4n) is 3.27. The lowest BCUT2D eigenvalue weighted by molar-refractivity contribution is -0.124. The Hall–Kier alpha value is -3.95. The van der Waals surface area contributed by atoms with Crippen LogP contribution in [0.25, 0.3) is 11.7 Å². The number of carbonyl (C=O) groups excluding carboxylic acids is 2. The van der Waals surface area contributed by atoms with Gasteiger partial charge in [-0.3, -0.25) is 14.9 Å². The number of hydrogen-bond acceptors (Lipinski definition) is 8. The normalized spacial score (nSPS) is 17.3. The standard InChI is InChI=1S/C21H21N7O3/c1-27(2)15-4-3-5-16(10-15)31-21-25-18-13(8-12-9-17(29)24-19(12)30)11-22-28(18)20(26-21)23-14-6-7-14/h3-5,8,10-11,14H,6-7,9H2,1-2H3,(H,23,25,26)(H,24,29,30)/b12-8+. The lowest BCUT2D eigenvalue weighted by Crippen LogP contribution is -2.19. The first-order valence-electron chi connectivity index (χ1n) is 9.98. The summed E-state index contributed by atoms with van der Waals surface area (Å²) in [5.74, 6) is 0.408. The van der Waals surface area contributed by atoms with Crippen molar-refractivity contribution in [2.75, 3.05) is 24.3 Å². The second-order valence-electron chi connectivity index (χ2n) is 7.80. The topological polar surface area (TPSA) is 114 Å². The van der Waals surface area contributed by atoms with Crippen LogP contribution in [0, 0.1) is 0 Å². The third-order valence-electron chi connectivity index (χ3n) is 5.05. The maximum atomic E-state index is 12.0. The maximum Gasteiger partial charge on any atom is 0.327 e. The number of nitrogens with zero attached hydrogens (tertiary/aromatic N) is 5. The van der Waals surface area contributed by atoms with Gasteiger partial charge in [0.15, 0.2) is 5.65 Å². The molecule has 2 aliphatic rings. The van der Waals surface area contributed by atoms with E-state index in [1.165, 1.54) is 0 Å². The molecule has 10 nitrogen and oxygen atoms in total. The lowest BCUT2D eigenvalue weighted by atomic mass is 10.1. The van der Waals surface area contributed by atoms with Gasteiger partial charge in [0, 0.05) is 43.0 Å². The molecule has 1 aromatic carbocycles. The van der Waals surface area contributed by atoms with Gasteiger partial charge < -0.3 is 15.0 Å². The minimum atomic E-state index is -0.397. The summed E-state index contributed by atoms with van der Waals surface area (Å²) >= 11 is 0. The summed E-state index contributed by atoms with van der Waals surface area (Å²) in [6.45, 7) is 0. The van der Waals surface area contributed by atoms with E-state index in [2.05, 4.69) is 25.7 Å². The number of hydrogen-bond donors (Lipinski definition) is 2. The highest BCUT2D eigenvalue weighted by Crippen LogP contribution is 2.29. The molecular formula is C21H21N7O3. The van der Waals surface area contributed by atoms with Crippen molar-refractivity contribution in [1.82, 2.24) is 24.9 Å². The summed E-state index contributed by atoms with van der Waals surface area (Å²) in [6.07, 6.45) is 5.39. The van der Waals surface area contributed by atoms with E-state index in [1.54, 1.807) is 16.8 Å². The number of rotatable bonds is 6. The van der Waals surface area contributed by atoms with Crippen molar-refractivity contribution in [3.63, 3.8) is 0 Å². The highest BCUT2D eigenvalue weighted by molar-refractivity contribution is 6.15. The second kappa shape index (κ2) is 7.38. The van der Waals surface area contributed by atoms with Crippen LogP contribution in [0.2, 0.25) is 0 Å². The van der Waals surface area contributed by atoms with Crippen LogP contribution >= 0.6 is 0 Å². The molecule has 5 rings (SSSR count). The van der Waals surface area contributed by atoms with Gasteiger partial charge in [0.25, 0.3) is 5.91 Å². The fraction of sp³-hybridized carbons (Fsp3) is 0.286. The zero-order chi connectivity index (χ0) is 21.5. The third-order valence-corrected chi connectivity index (χ3v) is 5.05. The van der Waals surface area contributed by atoms with Gasteiger partial charge in [-0.1, -0.05) is 6.07 Å². The van der Waals surface area contributed by atoms with E-state index in [4.69, 9.17) is 4.74 Å². The molecule has 1 saturated heterocycles. The molecule has 3 heterocycles. The number of benzene rings is 1. The smallest absolute Gasteiger partial charge is 0.327 e. The van der Waals surface area contributed by atoms with Gasteiger partial charge in [-0.2, -0.15) is 19.6 Å². The summed E-state index contributed by atoms with van der Waals surface area (Å²) in [6, 6.07) is 8.12. The van der Waals surface area contributed by atoms with E-state index in [0.29, 0.717) is 34.5 Å². The minimum Gasteiger partial charge on any atom is -0.424 e. The molecule has 10 heteroatoms. The number of ether oxygens (including phenoxy) is 1. The van der Waals surface area contributed by atoms with Gasteiger partial charge in [-0.25, -0.2) is 0 Å². The summed E-state index contributed by atoms with van der Waals surface area (Å²) in [5.41, 5.74) is 2.45. The van der Waals surface area contributed by atoms with Gasteiger partial charge in [-0.15, -0.1) is 0 Å². The quantitative estimate of drug-likeness (QED) is 0.461. The molecule has 2 N–H and O–H groups in total. The third kappa shape index (κ3) is 3.91. The molecule has 1 saturated carbocycles. The predicted octanol–water partition coefficient (Wildman–Crippen LogP) is 1.99. The van der Waals surface area contributed by atoms with Gasteiger partial charge in [-0.05, 0) is 31.1 Å². The van der Waals surface area contributed by atoms with Crippen molar-refractivity contribution < 1.29 is 14.3 Å². The van der Waals surface area contributed by atoms with Gasteiger partial charge in [0.05, 0.1) is 12.6 Å². The van der Waals surface area contributed by atoms with Crippen molar-refractivity contribution in [2.45, 2.75) is 25.3 Å². The van der Waals surface area contributed by atoms with Crippen molar-refractivity contribution >= 4 is 35.2 Å². The van der Waals surface area contributed by atoms with Gasteiger partial charge in [0.2, 0.25) is 11.9 Å². The highest BCUT2D eigenvalue weighted by atomic mass is 16.5. The number of fused-ring (bicyclic) bond motifs is 1. The predicted molar refractivity (Wildman–Crippen MR) is 114 cm³/mol. The SMILES string of the molecule is CN(C)c1cccc(Oc2nc(NC3CC3)n3ncc(/C=C4\CC(=O)NC4=O)c3n2)c1. The number of amides is 2. The van der Waals surface area contributed by atoms with E-state index in [-0.39, 0.29) is 18.3 Å². The average Bonchev–Trinajstić information content (AvgIpc) is 3.37. The summed E-state index contributed by atoms with van der Waals surface area (Å²) in [5, 5.41) is 10.0. The molecule has 2 amide bonds. The molecule has 0 unspecified atom stereocenters. The molecule has 158 valence electrons. The molecule has 0 spiro atoms. The second-order valence-corrected chi connectivity index (χ2v) is 7.80. The Morgan fingerprint density at radius 3 is 2.81 bits per heavy atom. The Morgan fingerprint density at radius 1 is 1.26 bits per heavy atom. The van der Waals surface area contributed by atoms with Gasteiger partial charge in [0.1, 0.15) is 5.75 Å². The van der Waals surface area contributed by atoms with Crippen LogP contribution < -0.4 is 20.3 Å². The molecule has 0 atom stereocenters. The van der Waals surface area contributed by atoms with E-state index >= 15 is 0 Å². The molecular weight excluding hydrogens is 398 g/mol. The number of carbonyl (C=O) groups is 2. The van der Waals surface area contributed by atoms with Crippen LogP contribution in [0.15, 0.2) is 36.0 Å². The Balaban J connectivity index is 1.55. The van der Waals surface area contributed by atoms with E-state index in [9.17, 15) is 9.59 Å². The van der Waals surface area contributed by atoms with E-state index < -0.39 is 5.91 Å². The molecule has 1 aliphatic heterocycles. The van der Waals surface area contributed by atoms with Crippen LogP contribution in [0.1, 0.15) is 24.8 Å². The minimum absolute atomic E-state index is 0.0368. The van der Waals surface area contributed by atoms with Crippen LogP contribution in [0.5, 0.6) is 11.8 Å². The largest absolute Gasteiger partial charge is 0.424 e. The zero-order valence-electron chi connectivity index (χ0n) is 17.1. The van der Waals surface area contributed by atoms with E-state index in [0.717, 1.165) is 18.5 Å². The Labute approximate surface area is 177 Å². The first kappa shape index (κ1) is 19.0. The maximum absolute atomic E-state index is 12.0. The summed E-state index contributed by atoms with van der Waals surface area (Å²) in [7, 11) is 3.91. The molecule has 2 aromatic heterocycles. The molecule has 0 bridgehead atoms. The fourth-order valence-corrected chi connectivity index (χ4v) is 3.27. The van der Waals surface area contributed by atoms with Crippen molar-refractivity contribution in [3.05, 3.63) is 41.6 Å². The molecule has 0 radical (unpaired) electrons. The van der Waals surface area contributed by atoms with Crippen LogP contribution in [-0.4, -0.2) is 51.5 Å². The summed E-state index contributed by atoms with van der Waals surface area (Å²) in [4.78, 5) is 34.5. The van der Waals surface area contributed by atoms with Crippen molar-refractivity contribution in [1.29, 1.82) is 0 Å². The number of anilines is 2. The Bertz CT molecular complexity index is 1230. The first-order chi connectivity index (χ1) is 15.0. The van der Waals surface area contributed by atoms with Crippen molar-refractivity contribution in [3.8, 4) is 11.8 Å².